The van der Waals surface area contributed by atoms with Gasteiger partial charge in [-0.1, -0.05) is 30.3 Å². The predicted molar refractivity (Wildman–Crippen MR) is 98.2 cm³/mol. The maximum atomic E-state index is 13.2. The fourth-order valence-electron chi connectivity index (χ4n) is 3.14. The molecule has 146 valence electrons. The van der Waals surface area contributed by atoms with E-state index in [1.54, 1.807) is 42.8 Å². The molecule has 0 saturated heterocycles. The van der Waals surface area contributed by atoms with Crippen LogP contribution in [-0.4, -0.2) is 44.2 Å². The summed E-state index contributed by atoms with van der Waals surface area (Å²) in [4.78, 5) is 23.1. The summed E-state index contributed by atoms with van der Waals surface area (Å²) in [5, 5.41) is 48.9. The molecule has 3 rings (SSSR count). The number of benzene rings is 1. The molecule has 28 heavy (non-hydrogen) atoms. The van der Waals surface area contributed by atoms with Crippen molar-refractivity contribution in [3.05, 3.63) is 84.8 Å². The number of nitrogens with zero attached hydrogens (tertiary/aromatic N) is 4. The zero-order valence-electron chi connectivity index (χ0n) is 14.7. The summed E-state index contributed by atoms with van der Waals surface area (Å²) in [5.74, 6) is -1.76. The van der Waals surface area contributed by atoms with Gasteiger partial charge < -0.3 is 15.6 Å². The standard InChI is InChI=1S/C16H14N4O7S/c1-28(2)16(15(21)9-6-4-3-5-7-9)12-10(18(22)23)8-11(19(24)25)13-14(12)20(26)27-17-13/h3-8,12,16H,1-2H3. The molecule has 0 spiro atoms. The largest absolute Gasteiger partial charge is 0.612 e. The molecule has 2 aromatic rings. The summed E-state index contributed by atoms with van der Waals surface area (Å²) in [6.45, 7) is 0. The Morgan fingerprint density at radius 2 is 1.89 bits per heavy atom. The number of nitro groups is 1. The summed E-state index contributed by atoms with van der Waals surface area (Å²) >= 11 is 0. The minimum absolute atomic E-state index is 0.0991. The third kappa shape index (κ3) is 3.17. The molecule has 1 aromatic carbocycles. The van der Waals surface area contributed by atoms with Gasteiger partial charge in [-0.3, -0.25) is 19.5 Å². The van der Waals surface area contributed by atoms with Crippen LogP contribution in [-0.2, 0) is 10.9 Å². The lowest BCUT2D eigenvalue weighted by Crippen LogP contribution is -2.45. The van der Waals surface area contributed by atoms with Crippen molar-refractivity contribution < 1.29 is 24.2 Å². The van der Waals surface area contributed by atoms with E-state index in [-0.39, 0.29) is 4.90 Å². The molecule has 1 aromatic heterocycles. The number of hydrogen-bond acceptors (Lipinski definition) is 8. The molecule has 1 heterocycles. The molecule has 0 saturated carbocycles. The Bertz CT molecular complexity index is 996. The van der Waals surface area contributed by atoms with E-state index in [1.165, 1.54) is 0 Å². The average Bonchev–Trinajstić information content (AvgIpc) is 3.03. The van der Waals surface area contributed by atoms with Crippen LogP contribution in [0.25, 0.3) is 0 Å². The number of Topliss-reactive ketones (excluding diaryl/α,β-unsaturated/α-hetero) is 1. The van der Waals surface area contributed by atoms with Gasteiger partial charge in [0.2, 0.25) is 16.7 Å². The molecule has 0 radical (unpaired) electrons. The fourth-order valence-corrected chi connectivity index (χ4v) is 4.52. The van der Waals surface area contributed by atoms with Gasteiger partial charge in [-0.05, 0) is 15.8 Å². The Morgan fingerprint density at radius 3 is 2.43 bits per heavy atom. The lowest BCUT2D eigenvalue weighted by atomic mass is 9.86. The lowest BCUT2D eigenvalue weighted by molar-refractivity contribution is -0.808. The van der Waals surface area contributed by atoms with Crippen molar-refractivity contribution in [2.75, 3.05) is 12.5 Å². The minimum atomic E-state index is -1.34. The van der Waals surface area contributed by atoms with Crippen LogP contribution < -0.4 is 4.90 Å². The van der Waals surface area contributed by atoms with Gasteiger partial charge in [0, 0.05) is 5.56 Å². The van der Waals surface area contributed by atoms with Gasteiger partial charge >= 0.3 is 5.69 Å². The zero-order valence-corrected chi connectivity index (χ0v) is 15.5. The van der Waals surface area contributed by atoms with Crippen molar-refractivity contribution in [1.29, 1.82) is 0 Å². The van der Waals surface area contributed by atoms with Gasteiger partial charge in [-0.2, -0.15) is 4.90 Å². The number of hydrogen-bond donors (Lipinski definition) is 0. The Hall–Kier alpha value is -3.41. The summed E-state index contributed by atoms with van der Waals surface area (Å²) in [5.41, 5.74) is -1.85. The summed E-state index contributed by atoms with van der Waals surface area (Å²) in [6, 6.07) is 8.14. The SMILES string of the molecule is C[S+](C)C(C(=O)c1ccccc1)C1C([N+](=O)[O-])=CC(=[N+]([O-])[O-])c2no[n+]([O-])c21. The zero-order chi connectivity index (χ0) is 20.6. The molecule has 0 bridgehead atoms. The van der Waals surface area contributed by atoms with Gasteiger partial charge in [0.25, 0.3) is 11.4 Å². The normalized spacial score (nSPS) is 17.0. The molecule has 0 amide bonds. The number of allylic oxidation sites excluding steroid dienone is 2. The number of aromatic nitrogens is 2. The Kier molecular flexibility index (Phi) is 5.05. The molecule has 2 atom stereocenters. The van der Waals surface area contributed by atoms with Crippen LogP contribution in [0.3, 0.4) is 0 Å². The first-order valence-electron chi connectivity index (χ1n) is 7.87. The number of carbonyl (C=O) groups is 1. The number of carbonyl (C=O) groups excluding carboxylic acids is 1. The number of fused-ring (bicyclic) bond motifs is 1. The highest BCUT2D eigenvalue weighted by molar-refractivity contribution is 7.96. The van der Waals surface area contributed by atoms with E-state index in [0.29, 0.717) is 5.56 Å². The second kappa shape index (κ2) is 7.31. The highest BCUT2D eigenvalue weighted by Gasteiger charge is 2.56. The first-order chi connectivity index (χ1) is 13.2. The molecule has 0 N–H and O–H groups in total. The number of ketones is 1. The van der Waals surface area contributed by atoms with E-state index in [4.69, 9.17) is 0 Å². The van der Waals surface area contributed by atoms with Crippen LogP contribution in [0.1, 0.15) is 27.7 Å². The van der Waals surface area contributed by atoms with Crippen molar-refractivity contribution in [2.45, 2.75) is 11.2 Å². The molecular weight excluding hydrogens is 392 g/mol. The second-order valence-electron chi connectivity index (χ2n) is 6.14. The fraction of sp³-hybridized carbons (Fsp3) is 0.250. The van der Waals surface area contributed by atoms with Crippen molar-refractivity contribution in [3.8, 4) is 0 Å². The van der Waals surface area contributed by atoms with Gasteiger partial charge in [-0.15, -0.1) is 0 Å². The van der Waals surface area contributed by atoms with Crippen molar-refractivity contribution in [3.63, 3.8) is 0 Å². The van der Waals surface area contributed by atoms with Gasteiger partial charge in [-0.25, -0.2) is 0 Å². The summed E-state index contributed by atoms with van der Waals surface area (Å²) in [6.07, 6.45) is 4.16. The lowest BCUT2D eigenvalue weighted by Gasteiger charge is -2.22. The average molecular weight is 406 g/mol. The number of rotatable bonds is 5. The van der Waals surface area contributed by atoms with E-state index < -0.39 is 60.5 Å². The predicted octanol–water partition coefficient (Wildman–Crippen LogP) is 0.492. The molecule has 11 nitrogen and oxygen atoms in total. The minimum Gasteiger partial charge on any atom is -0.612 e. The molecule has 0 fully saturated rings. The molecule has 1 aliphatic carbocycles. The van der Waals surface area contributed by atoms with E-state index >= 15 is 0 Å². The van der Waals surface area contributed by atoms with Crippen LogP contribution in [0.2, 0.25) is 0 Å². The molecular formula is C16H14N4O7S. The van der Waals surface area contributed by atoms with Crippen LogP contribution in [0.15, 0.2) is 46.7 Å². The van der Waals surface area contributed by atoms with Gasteiger partial charge in [0.15, 0.2) is 5.92 Å². The van der Waals surface area contributed by atoms with Gasteiger partial charge in [0.1, 0.15) is 0 Å². The topological polar surface area (TPSA) is 162 Å². The summed E-state index contributed by atoms with van der Waals surface area (Å²) in [7, 11) is -0.736. The maximum absolute atomic E-state index is 13.2. The molecule has 0 aliphatic heterocycles. The highest BCUT2D eigenvalue weighted by Crippen LogP contribution is 2.37. The Balaban J connectivity index is 2.25. The smallest absolute Gasteiger partial charge is 0.318 e. The van der Waals surface area contributed by atoms with E-state index in [1.807, 2.05) is 0 Å². The van der Waals surface area contributed by atoms with E-state index in [0.717, 1.165) is 6.08 Å². The third-order valence-corrected chi connectivity index (χ3v) is 5.82. The van der Waals surface area contributed by atoms with E-state index in [9.17, 15) is 30.5 Å². The van der Waals surface area contributed by atoms with Crippen LogP contribution >= 0.6 is 0 Å². The second-order valence-corrected chi connectivity index (χ2v) is 8.41. The monoisotopic (exact) mass is 406 g/mol. The molecule has 12 heteroatoms. The van der Waals surface area contributed by atoms with Crippen molar-refractivity contribution in [1.82, 2.24) is 5.16 Å². The third-order valence-electron chi connectivity index (χ3n) is 4.32. The molecule has 1 aliphatic rings. The van der Waals surface area contributed by atoms with Gasteiger partial charge in [0.05, 0.1) is 28.7 Å². The maximum Gasteiger partial charge on any atom is 0.318 e. The van der Waals surface area contributed by atoms with E-state index in [2.05, 4.69) is 9.79 Å². The Labute approximate surface area is 160 Å². The van der Waals surface area contributed by atoms with Crippen molar-refractivity contribution >= 4 is 22.4 Å². The first-order valence-corrected chi connectivity index (χ1v) is 9.97. The first kappa shape index (κ1) is 19.4. The highest BCUT2D eigenvalue weighted by atomic mass is 32.2. The van der Waals surface area contributed by atoms with Crippen LogP contribution in [0.5, 0.6) is 0 Å². The van der Waals surface area contributed by atoms with Crippen LogP contribution in [0.4, 0.5) is 0 Å². The molecule has 2 unspecified atom stereocenters. The Morgan fingerprint density at radius 1 is 1.25 bits per heavy atom. The quantitative estimate of drug-likeness (QED) is 0.228. The summed E-state index contributed by atoms with van der Waals surface area (Å²) < 4.78 is 4.49. The van der Waals surface area contributed by atoms with Crippen LogP contribution in [0, 0.1) is 25.7 Å². The van der Waals surface area contributed by atoms with Crippen molar-refractivity contribution in [2.24, 2.45) is 0 Å².